The number of carbonyl (C=O) groups is 3. The van der Waals surface area contributed by atoms with Gasteiger partial charge in [-0.05, 0) is 85.8 Å². The largest absolute Gasteiger partial charge is 0.490 e. The molecule has 7 nitrogen and oxygen atoms in total. The molecule has 0 spiro atoms. The van der Waals surface area contributed by atoms with E-state index in [1.165, 1.54) is 12.8 Å². The van der Waals surface area contributed by atoms with Gasteiger partial charge in [-0.3, -0.25) is 4.79 Å². The van der Waals surface area contributed by atoms with E-state index < -0.39 is 5.97 Å². The first-order valence-electron chi connectivity index (χ1n) is 14.4. The number of unbranched alkanes of at least 4 members (excludes halogenated alkanes) is 3. The van der Waals surface area contributed by atoms with Gasteiger partial charge in [0.05, 0.1) is 17.2 Å². The fourth-order valence-electron chi connectivity index (χ4n) is 4.13. The molecule has 3 rings (SSSR count). The average Bonchev–Trinajstić information content (AvgIpc) is 2.98. The number of esters is 3. The first-order valence-corrected chi connectivity index (χ1v) is 14.4. The summed E-state index contributed by atoms with van der Waals surface area (Å²) in [5.41, 5.74) is 2.72. The summed E-state index contributed by atoms with van der Waals surface area (Å²) in [6, 6.07) is 21.0. The number of hydrogen-bond acceptors (Lipinski definition) is 7. The molecule has 0 aliphatic carbocycles. The Morgan fingerprint density at radius 3 is 1.88 bits per heavy atom. The Hall–Kier alpha value is -4.13. The Morgan fingerprint density at radius 2 is 1.24 bits per heavy atom. The highest BCUT2D eigenvalue weighted by atomic mass is 16.6. The molecular weight excluding hydrogens is 520 g/mol. The quantitative estimate of drug-likeness (QED) is 0.100. The molecule has 1 unspecified atom stereocenters. The van der Waals surface area contributed by atoms with Gasteiger partial charge in [-0.2, -0.15) is 0 Å². The highest BCUT2D eigenvalue weighted by Gasteiger charge is 2.14. The van der Waals surface area contributed by atoms with Gasteiger partial charge in [0.2, 0.25) is 0 Å². The van der Waals surface area contributed by atoms with Crippen LogP contribution in [0.2, 0.25) is 0 Å². The van der Waals surface area contributed by atoms with Gasteiger partial charge in [0.25, 0.3) is 0 Å². The first kappa shape index (κ1) is 31.4. The van der Waals surface area contributed by atoms with Crippen molar-refractivity contribution in [3.8, 4) is 22.6 Å². The van der Waals surface area contributed by atoms with Crippen LogP contribution in [-0.2, 0) is 14.3 Å². The molecule has 0 aliphatic heterocycles. The van der Waals surface area contributed by atoms with Crippen molar-refractivity contribution < 1.29 is 33.3 Å². The lowest BCUT2D eigenvalue weighted by Gasteiger charge is -2.13. The maximum absolute atomic E-state index is 12.7. The van der Waals surface area contributed by atoms with Crippen LogP contribution in [0.1, 0.15) is 86.4 Å². The van der Waals surface area contributed by atoms with Crippen LogP contribution in [0.3, 0.4) is 0 Å². The van der Waals surface area contributed by atoms with E-state index in [1.807, 2.05) is 50.2 Å². The number of benzene rings is 3. The topological polar surface area (TPSA) is 88.1 Å². The molecule has 0 saturated heterocycles. The molecule has 3 aromatic carbocycles. The van der Waals surface area contributed by atoms with Crippen LogP contribution in [0.15, 0.2) is 72.8 Å². The summed E-state index contributed by atoms with van der Waals surface area (Å²) in [4.78, 5) is 36.5. The molecule has 7 heteroatoms. The van der Waals surface area contributed by atoms with Gasteiger partial charge in [-0.25, -0.2) is 9.59 Å². The average molecular weight is 561 g/mol. The monoisotopic (exact) mass is 560 g/mol. The van der Waals surface area contributed by atoms with Crippen LogP contribution in [0, 0.1) is 0 Å². The molecule has 0 heterocycles. The molecule has 1 atom stereocenters. The number of ether oxygens (including phenoxy) is 4. The van der Waals surface area contributed by atoms with Crippen molar-refractivity contribution in [2.75, 3.05) is 13.2 Å². The van der Waals surface area contributed by atoms with Gasteiger partial charge in [0.1, 0.15) is 24.7 Å². The Kier molecular flexibility index (Phi) is 12.9. The van der Waals surface area contributed by atoms with E-state index in [4.69, 9.17) is 18.9 Å². The van der Waals surface area contributed by atoms with Crippen LogP contribution in [0.25, 0.3) is 11.1 Å². The van der Waals surface area contributed by atoms with Gasteiger partial charge in [0, 0.05) is 6.42 Å². The van der Waals surface area contributed by atoms with Crippen molar-refractivity contribution in [1.82, 2.24) is 0 Å². The third kappa shape index (κ3) is 10.7. The fraction of sp³-hybridized carbons (Fsp3) is 0.382. The minimum Gasteiger partial charge on any atom is -0.490 e. The van der Waals surface area contributed by atoms with Gasteiger partial charge < -0.3 is 18.9 Å². The van der Waals surface area contributed by atoms with E-state index in [9.17, 15) is 14.4 Å². The maximum atomic E-state index is 12.7. The summed E-state index contributed by atoms with van der Waals surface area (Å²) in [6.45, 7) is 6.51. The highest BCUT2D eigenvalue weighted by Crippen LogP contribution is 2.24. The van der Waals surface area contributed by atoms with Crippen molar-refractivity contribution >= 4 is 17.9 Å². The van der Waals surface area contributed by atoms with E-state index in [0.717, 1.165) is 36.8 Å². The van der Waals surface area contributed by atoms with E-state index in [2.05, 4.69) is 6.92 Å². The lowest BCUT2D eigenvalue weighted by atomic mass is 10.0. The zero-order chi connectivity index (χ0) is 29.5. The number of carbonyl (C=O) groups excluding carboxylic acids is 3. The van der Waals surface area contributed by atoms with Gasteiger partial charge >= 0.3 is 17.9 Å². The summed E-state index contributed by atoms with van der Waals surface area (Å²) in [5.74, 6) is -0.0624. The highest BCUT2D eigenvalue weighted by molar-refractivity contribution is 5.92. The summed E-state index contributed by atoms with van der Waals surface area (Å²) < 4.78 is 21.7. The van der Waals surface area contributed by atoms with E-state index >= 15 is 0 Å². The number of rotatable bonds is 16. The predicted molar refractivity (Wildman–Crippen MR) is 158 cm³/mol. The summed E-state index contributed by atoms with van der Waals surface area (Å²) in [7, 11) is 0. The molecule has 0 fully saturated rings. The Balaban J connectivity index is 1.46. The lowest BCUT2D eigenvalue weighted by molar-refractivity contribution is -0.144. The second-order valence-corrected chi connectivity index (χ2v) is 9.90. The third-order valence-electron chi connectivity index (χ3n) is 6.45. The van der Waals surface area contributed by atoms with Crippen LogP contribution < -0.4 is 9.47 Å². The smallest absolute Gasteiger partial charge is 0.343 e. The summed E-state index contributed by atoms with van der Waals surface area (Å²) in [6.07, 6.45) is 6.43. The van der Waals surface area contributed by atoms with Crippen molar-refractivity contribution in [1.29, 1.82) is 0 Å². The molecule has 41 heavy (non-hydrogen) atoms. The van der Waals surface area contributed by atoms with E-state index in [-0.39, 0.29) is 31.3 Å². The maximum Gasteiger partial charge on any atom is 0.343 e. The minimum atomic E-state index is -0.490. The molecule has 0 radical (unpaired) electrons. The minimum absolute atomic E-state index is 0.139. The molecule has 0 aromatic heterocycles. The van der Waals surface area contributed by atoms with Crippen molar-refractivity contribution in [2.24, 2.45) is 0 Å². The molecular formula is C34H40O7. The summed E-state index contributed by atoms with van der Waals surface area (Å²) in [5, 5.41) is 0. The van der Waals surface area contributed by atoms with E-state index in [1.54, 1.807) is 36.4 Å². The molecule has 218 valence electrons. The normalized spacial score (nSPS) is 11.4. The van der Waals surface area contributed by atoms with Crippen LogP contribution in [0.4, 0.5) is 0 Å². The van der Waals surface area contributed by atoms with Gasteiger partial charge in [-0.1, -0.05) is 57.4 Å². The van der Waals surface area contributed by atoms with Crippen LogP contribution in [-0.4, -0.2) is 37.2 Å². The number of hydrogen-bond donors (Lipinski definition) is 0. The third-order valence-corrected chi connectivity index (χ3v) is 6.45. The molecule has 0 N–H and O–H groups in total. The second-order valence-electron chi connectivity index (χ2n) is 9.90. The second kappa shape index (κ2) is 16.9. The van der Waals surface area contributed by atoms with E-state index in [0.29, 0.717) is 29.0 Å². The molecule has 0 bridgehead atoms. The van der Waals surface area contributed by atoms with Gasteiger partial charge in [0.15, 0.2) is 0 Å². The lowest BCUT2D eigenvalue weighted by Crippen LogP contribution is -2.15. The van der Waals surface area contributed by atoms with Crippen LogP contribution in [0.5, 0.6) is 11.5 Å². The standard InChI is InChI=1S/C34H40O7/c1-4-6-7-8-10-25(3)40-33(36)29-17-21-31(22-18-29)41-34(37)28-13-11-26(12-14-28)27-15-19-30(20-16-27)38-23-24-39-32(35)9-5-2/h11-22,25H,4-10,23-24H2,1-3H3. The summed E-state index contributed by atoms with van der Waals surface area (Å²) >= 11 is 0. The van der Waals surface area contributed by atoms with Crippen molar-refractivity contribution in [2.45, 2.75) is 71.8 Å². The van der Waals surface area contributed by atoms with Crippen molar-refractivity contribution in [3.63, 3.8) is 0 Å². The molecule has 0 amide bonds. The Labute approximate surface area is 242 Å². The molecule has 0 saturated carbocycles. The predicted octanol–water partition coefficient (Wildman–Crippen LogP) is 7.81. The zero-order valence-electron chi connectivity index (χ0n) is 24.2. The molecule has 0 aliphatic rings. The zero-order valence-corrected chi connectivity index (χ0v) is 24.2. The fourth-order valence-corrected chi connectivity index (χ4v) is 4.13. The van der Waals surface area contributed by atoms with Crippen molar-refractivity contribution in [3.05, 3.63) is 83.9 Å². The SMILES string of the molecule is CCCCCCC(C)OC(=O)c1ccc(OC(=O)c2ccc(-c3ccc(OCCOC(=O)CCC)cc3)cc2)cc1. The molecule has 3 aromatic rings. The Bertz CT molecular complexity index is 1230. The first-order chi connectivity index (χ1) is 19.9. The Morgan fingerprint density at radius 1 is 0.659 bits per heavy atom. The van der Waals surface area contributed by atoms with Crippen LogP contribution >= 0.6 is 0 Å². The van der Waals surface area contributed by atoms with Gasteiger partial charge in [-0.15, -0.1) is 0 Å².